The molecule has 0 spiro atoms. The van der Waals surface area contributed by atoms with Gasteiger partial charge in [0.25, 0.3) is 0 Å². The summed E-state index contributed by atoms with van der Waals surface area (Å²) >= 11 is 1.66. The van der Waals surface area contributed by atoms with Gasteiger partial charge in [0, 0.05) is 0 Å². The number of hydrogen-bond donors (Lipinski definition) is 0. The zero-order chi connectivity index (χ0) is 16.4. The average molecular weight is 426 g/mol. The minimum absolute atomic E-state index is 0.0484. The van der Waals surface area contributed by atoms with Crippen molar-refractivity contribution in [3.8, 4) is 0 Å². The molecule has 0 saturated heterocycles. The molecule has 0 aliphatic heterocycles. The second kappa shape index (κ2) is 11.6. The van der Waals surface area contributed by atoms with Crippen molar-refractivity contribution in [1.82, 2.24) is 0 Å². The van der Waals surface area contributed by atoms with Crippen LogP contribution in [0, 0.1) is 11.8 Å². The summed E-state index contributed by atoms with van der Waals surface area (Å²) in [5.41, 5.74) is 0. The predicted molar refractivity (Wildman–Crippen MR) is 95.4 cm³/mol. The highest BCUT2D eigenvalue weighted by atomic mass is 127. The van der Waals surface area contributed by atoms with E-state index in [2.05, 4.69) is 20.8 Å². The highest BCUT2D eigenvalue weighted by Gasteiger charge is 2.29. The molecular weight excluding hydrogens is 395 g/mol. The second-order valence-corrected chi connectivity index (χ2v) is 7.09. The van der Waals surface area contributed by atoms with Crippen LogP contribution in [0.15, 0.2) is 0 Å². The Kier molecular flexibility index (Phi) is 10.7. The van der Waals surface area contributed by atoms with Gasteiger partial charge in [0.1, 0.15) is 0 Å². The molecule has 22 heavy (non-hydrogen) atoms. The monoisotopic (exact) mass is 426 g/mol. The highest BCUT2D eigenvalue weighted by molar-refractivity contribution is 14.1. The van der Waals surface area contributed by atoms with Gasteiger partial charge in [0.15, 0.2) is 23.0 Å². The minimum atomic E-state index is -0.0961. The van der Waals surface area contributed by atoms with E-state index in [1.807, 2.05) is 0 Å². The topological polar surface area (TPSA) is 44.8 Å². The van der Waals surface area contributed by atoms with Crippen LogP contribution >= 0.6 is 23.0 Å². The lowest BCUT2D eigenvalue weighted by Crippen LogP contribution is -2.29. The van der Waals surface area contributed by atoms with Gasteiger partial charge >= 0.3 is 5.97 Å². The third-order valence-electron chi connectivity index (χ3n) is 4.37. The Morgan fingerprint density at radius 3 is 1.73 bits per heavy atom. The van der Waals surface area contributed by atoms with Crippen molar-refractivity contribution in [1.29, 1.82) is 0 Å². The van der Waals surface area contributed by atoms with Crippen LogP contribution in [-0.2, 0) is 17.6 Å². The summed E-state index contributed by atoms with van der Waals surface area (Å²) in [6.45, 7) is 6.55. The normalized spacial score (nSPS) is 31.8. The first-order chi connectivity index (χ1) is 10.6. The van der Waals surface area contributed by atoms with Gasteiger partial charge in [-0.2, -0.15) is 0 Å². The molecule has 2 aliphatic rings. The summed E-state index contributed by atoms with van der Waals surface area (Å²) in [6.07, 6.45) is 9.83. The molecule has 0 unspecified atom stereocenters. The molecule has 5 heteroatoms. The fourth-order valence-electron chi connectivity index (χ4n) is 2.94. The second-order valence-electron chi connectivity index (χ2n) is 6.65. The summed E-state index contributed by atoms with van der Waals surface area (Å²) in [6, 6.07) is 0. The molecule has 0 radical (unpaired) electrons. The van der Waals surface area contributed by atoms with Gasteiger partial charge in [0.2, 0.25) is 0 Å². The van der Waals surface area contributed by atoms with Crippen LogP contribution in [-0.4, -0.2) is 18.2 Å². The first-order valence-electron chi connectivity index (χ1n) is 8.75. The van der Waals surface area contributed by atoms with Crippen molar-refractivity contribution >= 4 is 29.0 Å². The maximum absolute atomic E-state index is 11.4. The molecule has 0 atom stereocenters. The Labute approximate surface area is 149 Å². The molecular formula is C17H31IO4. The van der Waals surface area contributed by atoms with E-state index >= 15 is 0 Å². The fraction of sp³-hybridized carbons (Fsp3) is 0.941. The Hall–Kier alpha value is 0.120. The Balaban J connectivity index is 0.000000745. The zero-order valence-corrected chi connectivity index (χ0v) is 16.3. The average Bonchev–Trinajstić information content (AvgIpc) is 2.55. The van der Waals surface area contributed by atoms with E-state index in [9.17, 15) is 4.79 Å². The van der Waals surface area contributed by atoms with E-state index in [0.717, 1.165) is 44.4 Å². The van der Waals surface area contributed by atoms with Crippen molar-refractivity contribution in [3.63, 3.8) is 0 Å². The summed E-state index contributed by atoms with van der Waals surface area (Å²) in [7, 11) is 0. The Morgan fingerprint density at radius 1 is 0.909 bits per heavy atom. The number of halogens is 1. The molecule has 2 aliphatic carbocycles. The van der Waals surface area contributed by atoms with Gasteiger partial charge in [0.05, 0.1) is 18.1 Å². The van der Waals surface area contributed by atoms with Crippen molar-refractivity contribution in [3.05, 3.63) is 0 Å². The van der Waals surface area contributed by atoms with Crippen molar-refractivity contribution in [2.75, 3.05) is 0 Å². The van der Waals surface area contributed by atoms with Crippen molar-refractivity contribution in [2.45, 2.75) is 90.8 Å². The molecule has 2 fully saturated rings. The molecule has 0 amide bonds. The van der Waals surface area contributed by atoms with Gasteiger partial charge in [-0.1, -0.05) is 27.2 Å². The van der Waals surface area contributed by atoms with Crippen LogP contribution in [0.3, 0.4) is 0 Å². The van der Waals surface area contributed by atoms with Gasteiger partial charge in [-0.3, -0.25) is 4.79 Å². The van der Waals surface area contributed by atoms with Crippen molar-refractivity contribution < 1.29 is 17.6 Å². The van der Waals surface area contributed by atoms with Crippen LogP contribution in [0.1, 0.15) is 78.6 Å². The summed E-state index contributed by atoms with van der Waals surface area (Å²) in [5.74, 6) is 0.781. The zero-order valence-electron chi connectivity index (χ0n) is 14.2. The van der Waals surface area contributed by atoms with Gasteiger partial charge in [-0.05, 0) is 57.3 Å². The predicted octanol–water partition coefficient (Wildman–Crippen LogP) is 5.38. The summed E-state index contributed by atoms with van der Waals surface area (Å²) in [5, 5.41) is 0. The van der Waals surface area contributed by atoms with Crippen LogP contribution in [0.2, 0.25) is 0 Å². The van der Waals surface area contributed by atoms with E-state index < -0.39 is 0 Å². The third-order valence-corrected chi connectivity index (χ3v) is 4.81. The van der Waals surface area contributed by atoms with Crippen LogP contribution in [0.5, 0.6) is 0 Å². The van der Waals surface area contributed by atoms with Crippen LogP contribution in [0.25, 0.3) is 0 Å². The lowest BCUT2D eigenvalue weighted by Gasteiger charge is -2.29. The lowest BCUT2D eigenvalue weighted by atomic mass is 9.87. The molecule has 0 aromatic rings. The van der Waals surface area contributed by atoms with E-state index in [1.54, 1.807) is 23.0 Å². The maximum atomic E-state index is 11.4. The van der Waals surface area contributed by atoms with E-state index in [4.69, 9.17) is 12.8 Å². The molecule has 2 saturated carbocycles. The smallest absolute Gasteiger partial charge is 0.318 e. The highest BCUT2D eigenvalue weighted by Crippen LogP contribution is 2.30. The minimum Gasteiger partial charge on any atom is -0.394 e. The van der Waals surface area contributed by atoms with E-state index in [0.29, 0.717) is 0 Å². The quantitative estimate of drug-likeness (QED) is 0.344. The Morgan fingerprint density at radius 2 is 1.32 bits per heavy atom. The summed E-state index contributed by atoms with van der Waals surface area (Å²) in [4.78, 5) is 22.5. The Bertz CT molecular complexity index is 295. The molecule has 0 heterocycles. The number of rotatable bonds is 4. The van der Waals surface area contributed by atoms with E-state index in [-0.39, 0.29) is 24.1 Å². The molecule has 0 bridgehead atoms. The third kappa shape index (κ3) is 7.59. The number of carbonyl (C=O) groups is 1. The molecule has 0 aromatic heterocycles. The molecule has 0 aromatic carbocycles. The van der Waals surface area contributed by atoms with Gasteiger partial charge < -0.3 is 3.07 Å². The molecule has 0 N–H and O–H groups in total. The molecule has 130 valence electrons. The van der Waals surface area contributed by atoms with E-state index in [1.165, 1.54) is 19.3 Å². The van der Waals surface area contributed by atoms with Crippen LogP contribution < -0.4 is 0 Å². The molecule has 2 rings (SSSR count). The fourth-order valence-corrected chi connectivity index (χ4v) is 3.30. The van der Waals surface area contributed by atoms with Crippen LogP contribution in [0.4, 0.5) is 0 Å². The standard InChI is InChI=1S/C14H23IO4.C3H8/c1-10-2-6-12(7-3-10)18-19-13-8-4-11(5-9-13)14(16)17-15;1-3-2/h10-13H,2-9H2,1H3;3H2,1-2H3. The maximum Gasteiger partial charge on any atom is 0.318 e. The van der Waals surface area contributed by atoms with Gasteiger partial charge in [-0.25, -0.2) is 9.78 Å². The largest absolute Gasteiger partial charge is 0.394 e. The number of carbonyl (C=O) groups excluding carboxylic acids is 1. The van der Waals surface area contributed by atoms with Crippen molar-refractivity contribution in [2.24, 2.45) is 11.8 Å². The number of hydrogen-bond acceptors (Lipinski definition) is 4. The SMILES string of the molecule is CC1CCC(OOC2CCC(C(=O)OI)CC2)CC1.CCC. The first kappa shape index (κ1) is 20.2. The summed E-state index contributed by atoms with van der Waals surface area (Å²) < 4.78 is 4.75. The lowest BCUT2D eigenvalue weighted by molar-refractivity contribution is -0.359. The first-order valence-corrected chi connectivity index (χ1v) is 9.63. The van der Waals surface area contributed by atoms with Gasteiger partial charge in [-0.15, -0.1) is 0 Å². The molecule has 4 nitrogen and oxygen atoms in total.